The van der Waals surface area contributed by atoms with Gasteiger partial charge in [-0.05, 0) is 6.92 Å². The summed E-state index contributed by atoms with van der Waals surface area (Å²) in [5, 5.41) is -1.03. The molecular weight excluding hydrogens is 280 g/mol. The first-order valence-electron chi connectivity index (χ1n) is 5.28. The number of nitrogens with zero attached hydrogens (tertiary/aromatic N) is 1. The monoisotopic (exact) mass is 296 g/mol. The van der Waals surface area contributed by atoms with Crippen LogP contribution in [0.5, 0.6) is 0 Å². The van der Waals surface area contributed by atoms with Crippen LogP contribution in [0.15, 0.2) is 0 Å². The quantitative estimate of drug-likeness (QED) is 0.517. The molecular formula is C9H16N2O5S2. The van der Waals surface area contributed by atoms with Gasteiger partial charge in [-0.1, -0.05) is 12.2 Å². The number of nitrogens with two attached hydrogens (primary N) is 1. The lowest BCUT2D eigenvalue weighted by molar-refractivity contribution is -0.149. The Labute approximate surface area is 111 Å². The van der Waals surface area contributed by atoms with E-state index in [0.717, 1.165) is 4.31 Å². The Balaban J connectivity index is 3.03. The van der Waals surface area contributed by atoms with Crippen LogP contribution in [-0.2, 0) is 24.3 Å². The molecule has 0 spiro atoms. The van der Waals surface area contributed by atoms with Gasteiger partial charge in [0.25, 0.3) is 0 Å². The third kappa shape index (κ3) is 2.97. The summed E-state index contributed by atoms with van der Waals surface area (Å²) in [6.45, 7) is 1.66. The van der Waals surface area contributed by atoms with E-state index in [1.54, 1.807) is 0 Å². The summed E-state index contributed by atoms with van der Waals surface area (Å²) in [7, 11) is -2.59. The maximum Gasteiger partial charge on any atom is 0.326 e. The lowest BCUT2D eigenvalue weighted by Crippen LogP contribution is -2.56. The predicted octanol–water partition coefficient (Wildman–Crippen LogP) is -1.14. The third-order valence-electron chi connectivity index (χ3n) is 2.73. The fourth-order valence-electron chi connectivity index (χ4n) is 1.56. The molecule has 0 aromatic rings. The second-order valence-electron chi connectivity index (χ2n) is 3.81. The first kappa shape index (κ1) is 15.3. The minimum Gasteiger partial charge on any atom is -0.468 e. The number of thiocarbonyl (C=S) groups is 1. The van der Waals surface area contributed by atoms with Crippen molar-refractivity contribution in [2.24, 2.45) is 5.73 Å². The average molecular weight is 296 g/mol. The Morgan fingerprint density at radius 3 is 2.72 bits per heavy atom. The minimum atomic E-state index is -3.78. The van der Waals surface area contributed by atoms with E-state index >= 15 is 0 Å². The number of ether oxygens (including phenoxy) is 2. The molecule has 0 radical (unpaired) electrons. The van der Waals surface area contributed by atoms with Gasteiger partial charge in [-0.3, -0.25) is 4.79 Å². The highest BCUT2D eigenvalue weighted by atomic mass is 32.2. The molecule has 1 fully saturated rings. The number of hydrogen-bond donors (Lipinski definition) is 1. The van der Waals surface area contributed by atoms with Crippen molar-refractivity contribution in [3.8, 4) is 0 Å². The van der Waals surface area contributed by atoms with Crippen LogP contribution in [0.4, 0.5) is 0 Å². The second kappa shape index (κ2) is 5.91. The predicted molar refractivity (Wildman–Crippen MR) is 68.5 cm³/mol. The Kier molecular flexibility index (Phi) is 5.02. The Bertz CT molecular complexity index is 436. The van der Waals surface area contributed by atoms with E-state index in [9.17, 15) is 13.2 Å². The molecule has 0 saturated carbocycles. The van der Waals surface area contributed by atoms with Gasteiger partial charge in [0.05, 0.1) is 25.3 Å². The van der Waals surface area contributed by atoms with Crippen LogP contribution in [0.3, 0.4) is 0 Å². The van der Waals surface area contributed by atoms with Crippen molar-refractivity contribution in [2.45, 2.75) is 18.2 Å². The molecule has 2 unspecified atom stereocenters. The van der Waals surface area contributed by atoms with Crippen LogP contribution >= 0.6 is 12.2 Å². The largest absolute Gasteiger partial charge is 0.468 e. The van der Waals surface area contributed by atoms with Gasteiger partial charge in [0, 0.05) is 6.54 Å². The number of morpholine rings is 1. The summed E-state index contributed by atoms with van der Waals surface area (Å²) >= 11 is 4.69. The van der Waals surface area contributed by atoms with Crippen molar-refractivity contribution in [3.05, 3.63) is 0 Å². The molecule has 0 aromatic carbocycles. The summed E-state index contributed by atoms with van der Waals surface area (Å²) in [5.74, 6) is -0.659. The molecule has 1 aliphatic heterocycles. The summed E-state index contributed by atoms with van der Waals surface area (Å²) in [6.07, 6.45) is 0. The van der Waals surface area contributed by atoms with Gasteiger partial charge in [0.2, 0.25) is 10.0 Å². The maximum atomic E-state index is 12.3. The Morgan fingerprint density at radius 1 is 1.61 bits per heavy atom. The molecule has 1 rings (SSSR count). The van der Waals surface area contributed by atoms with Crippen molar-refractivity contribution in [2.75, 3.05) is 26.9 Å². The molecule has 1 heterocycles. The van der Waals surface area contributed by atoms with Crippen LogP contribution in [0, 0.1) is 0 Å². The van der Waals surface area contributed by atoms with Gasteiger partial charge in [-0.15, -0.1) is 0 Å². The summed E-state index contributed by atoms with van der Waals surface area (Å²) in [4.78, 5) is 11.4. The van der Waals surface area contributed by atoms with Crippen molar-refractivity contribution < 1.29 is 22.7 Å². The van der Waals surface area contributed by atoms with E-state index in [-0.39, 0.29) is 24.7 Å². The molecule has 1 saturated heterocycles. The summed E-state index contributed by atoms with van der Waals surface area (Å²) in [6, 6.07) is -0.981. The van der Waals surface area contributed by atoms with E-state index in [1.165, 1.54) is 14.0 Å². The first-order valence-corrected chi connectivity index (χ1v) is 7.19. The lowest BCUT2D eigenvalue weighted by Gasteiger charge is -2.34. The van der Waals surface area contributed by atoms with Gasteiger partial charge in [0.15, 0.2) is 0 Å². The fraction of sp³-hybridized carbons (Fsp3) is 0.778. The van der Waals surface area contributed by atoms with Crippen molar-refractivity contribution in [1.29, 1.82) is 0 Å². The Morgan fingerprint density at radius 2 is 2.22 bits per heavy atom. The molecule has 104 valence electrons. The SMILES string of the molecule is COC(=O)C1COCCN1S(=O)(=O)C(C)C(N)=S. The number of sulfonamides is 1. The lowest BCUT2D eigenvalue weighted by atomic mass is 10.3. The van der Waals surface area contributed by atoms with E-state index in [1.807, 2.05) is 0 Å². The molecule has 0 aromatic heterocycles. The minimum absolute atomic E-state index is 0.0318. The van der Waals surface area contributed by atoms with Crippen molar-refractivity contribution in [3.63, 3.8) is 0 Å². The molecule has 0 aliphatic carbocycles. The van der Waals surface area contributed by atoms with Gasteiger partial charge in [-0.2, -0.15) is 4.31 Å². The summed E-state index contributed by atoms with van der Waals surface area (Å²) < 4.78 is 35.2. The molecule has 2 atom stereocenters. The Hall–Kier alpha value is -0.770. The molecule has 1 aliphatic rings. The van der Waals surface area contributed by atoms with Crippen LogP contribution in [0.25, 0.3) is 0 Å². The molecule has 0 amide bonds. The van der Waals surface area contributed by atoms with Crippen LogP contribution in [0.2, 0.25) is 0 Å². The summed E-state index contributed by atoms with van der Waals surface area (Å²) in [5.41, 5.74) is 5.36. The number of carbonyl (C=O) groups excluding carboxylic acids is 1. The topological polar surface area (TPSA) is 98.9 Å². The highest BCUT2D eigenvalue weighted by molar-refractivity contribution is 7.92. The number of hydrogen-bond acceptors (Lipinski definition) is 6. The second-order valence-corrected chi connectivity index (χ2v) is 6.49. The number of rotatable bonds is 4. The molecule has 7 nitrogen and oxygen atoms in total. The van der Waals surface area contributed by atoms with Crippen LogP contribution < -0.4 is 5.73 Å². The third-order valence-corrected chi connectivity index (χ3v) is 5.47. The molecule has 0 bridgehead atoms. The van der Waals surface area contributed by atoms with E-state index < -0.39 is 27.3 Å². The van der Waals surface area contributed by atoms with Crippen molar-refractivity contribution in [1.82, 2.24) is 4.31 Å². The standard InChI is InChI=1S/C9H16N2O5S2/c1-6(8(10)17)18(13,14)11-3-4-16-5-7(11)9(12)15-2/h6-7H,3-5H2,1-2H3,(H2,10,17). The van der Waals surface area contributed by atoms with E-state index in [0.29, 0.717) is 0 Å². The average Bonchev–Trinajstić information content (AvgIpc) is 2.36. The first-order chi connectivity index (χ1) is 8.32. The number of carbonyl (C=O) groups is 1. The van der Waals surface area contributed by atoms with E-state index in [2.05, 4.69) is 4.74 Å². The van der Waals surface area contributed by atoms with Gasteiger partial charge < -0.3 is 15.2 Å². The van der Waals surface area contributed by atoms with Crippen LogP contribution in [-0.4, -0.2) is 61.8 Å². The zero-order valence-corrected chi connectivity index (χ0v) is 11.8. The highest BCUT2D eigenvalue weighted by Crippen LogP contribution is 2.18. The van der Waals surface area contributed by atoms with Gasteiger partial charge in [0.1, 0.15) is 11.3 Å². The van der Waals surface area contributed by atoms with Gasteiger partial charge >= 0.3 is 5.97 Å². The van der Waals surface area contributed by atoms with Gasteiger partial charge in [-0.25, -0.2) is 8.42 Å². The molecule has 18 heavy (non-hydrogen) atoms. The smallest absolute Gasteiger partial charge is 0.326 e. The number of methoxy groups -OCH3 is 1. The fourth-order valence-corrected chi connectivity index (χ4v) is 3.46. The van der Waals surface area contributed by atoms with Crippen molar-refractivity contribution >= 4 is 33.2 Å². The highest BCUT2D eigenvalue weighted by Gasteiger charge is 2.41. The van der Waals surface area contributed by atoms with Crippen LogP contribution in [0.1, 0.15) is 6.92 Å². The zero-order valence-electron chi connectivity index (χ0n) is 10.2. The molecule has 9 heteroatoms. The maximum absolute atomic E-state index is 12.3. The zero-order chi connectivity index (χ0) is 13.9. The normalized spacial score (nSPS) is 23.3. The number of esters is 1. The van der Waals surface area contributed by atoms with E-state index in [4.69, 9.17) is 22.7 Å². The molecule has 2 N–H and O–H groups in total.